The Morgan fingerprint density at radius 2 is 2.11 bits per heavy atom. The van der Waals surface area contributed by atoms with E-state index >= 15 is 0 Å². The molecule has 0 radical (unpaired) electrons. The molecule has 8 heteroatoms. The van der Waals surface area contributed by atoms with Crippen LogP contribution in [0.25, 0.3) is 0 Å². The van der Waals surface area contributed by atoms with Crippen molar-refractivity contribution in [3.63, 3.8) is 0 Å². The topological polar surface area (TPSA) is 101 Å². The molecule has 1 saturated heterocycles. The van der Waals surface area contributed by atoms with Gasteiger partial charge in [-0.3, -0.25) is 9.59 Å². The highest BCUT2D eigenvalue weighted by molar-refractivity contribution is 7.89. The number of carbonyl (C=O) groups excluding carboxylic acids is 1. The molecule has 1 atom stereocenters. The van der Waals surface area contributed by atoms with Gasteiger partial charge in [0.05, 0.1) is 25.2 Å². The Bertz CT molecular complexity index is 418. The third-order valence-corrected chi connectivity index (χ3v) is 4.72. The zero-order chi connectivity index (χ0) is 13.8. The smallest absolute Gasteiger partial charge is 0.309 e. The van der Waals surface area contributed by atoms with Gasteiger partial charge in [0.2, 0.25) is 10.0 Å². The SMILES string of the molecule is COC(=O)C1CCCN(S(=O)(=O)CCC(=O)O)C1. The average Bonchev–Trinajstić information content (AvgIpc) is 2.35. The fourth-order valence-electron chi connectivity index (χ4n) is 1.90. The van der Waals surface area contributed by atoms with E-state index in [9.17, 15) is 18.0 Å². The fraction of sp³-hybridized carbons (Fsp3) is 0.800. The molecule has 18 heavy (non-hydrogen) atoms. The predicted molar refractivity (Wildman–Crippen MR) is 62.4 cm³/mol. The molecule has 0 aliphatic carbocycles. The van der Waals surface area contributed by atoms with Gasteiger partial charge in [-0.05, 0) is 12.8 Å². The summed E-state index contributed by atoms with van der Waals surface area (Å²) in [7, 11) is -2.34. The summed E-state index contributed by atoms with van der Waals surface area (Å²) in [5, 5.41) is 8.50. The minimum atomic E-state index is -3.61. The Hall–Kier alpha value is -1.15. The van der Waals surface area contributed by atoms with Crippen LogP contribution in [0, 0.1) is 5.92 Å². The highest BCUT2D eigenvalue weighted by Crippen LogP contribution is 2.20. The van der Waals surface area contributed by atoms with E-state index in [0.717, 1.165) is 0 Å². The number of carboxylic acid groups (broad SMARTS) is 1. The van der Waals surface area contributed by atoms with Crippen LogP contribution in [0.2, 0.25) is 0 Å². The summed E-state index contributed by atoms with van der Waals surface area (Å²) in [6.07, 6.45) is 0.741. The van der Waals surface area contributed by atoms with E-state index in [1.165, 1.54) is 11.4 Å². The number of nitrogens with zero attached hydrogens (tertiary/aromatic N) is 1. The third-order valence-electron chi connectivity index (χ3n) is 2.89. The lowest BCUT2D eigenvalue weighted by molar-refractivity contribution is -0.146. The molecule has 1 fully saturated rings. The van der Waals surface area contributed by atoms with Gasteiger partial charge in [-0.15, -0.1) is 0 Å². The monoisotopic (exact) mass is 279 g/mol. The van der Waals surface area contributed by atoms with Crippen LogP contribution in [0.4, 0.5) is 0 Å². The minimum absolute atomic E-state index is 0.0780. The minimum Gasteiger partial charge on any atom is -0.481 e. The number of hydrogen-bond acceptors (Lipinski definition) is 5. The van der Waals surface area contributed by atoms with Crippen LogP contribution in [-0.4, -0.2) is 55.7 Å². The molecule has 1 N–H and O–H groups in total. The van der Waals surface area contributed by atoms with Crippen molar-refractivity contribution in [2.45, 2.75) is 19.3 Å². The Kier molecular flexibility index (Phi) is 5.09. The maximum Gasteiger partial charge on any atom is 0.309 e. The molecule has 1 unspecified atom stereocenters. The molecule has 7 nitrogen and oxygen atoms in total. The first-order chi connectivity index (χ1) is 8.36. The summed E-state index contributed by atoms with van der Waals surface area (Å²) in [4.78, 5) is 21.8. The van der Waals surface area contributed by atoms with Gasteiger partial charge in [0.25, 0.3) is 0 Å². The Balaban J connectivity index is 2.65. The van der Waals surface area contributed by atoms with E-state index in [-0.39, 0.29) is 6.54 Å². The Morgan fingerprint density at radius 1 is 1.44 bits per heavy atom. The second-order valence-corrected chi connectivity index (χ2v) is 6.27. The normalized spacial score (nSPS) is 21.5. The lowest BCUT2D eigenvalue weighted by atomic mass is 10.0. The molecule has 1 heterocycles. The summed E-state index contributed by atoms with van der Waals surface area (Å²) in [6, 6.07) is 0. The molecule has 0 aromatic carbocycles. The molecule has 1 rings (SSSR count). The summed E-state index contributed by atoms with van der Waals surface area (Å²) in [6.45, 7) is 0.407. The van der Waals surface area contributed by atoms with Crippen molar-refractivity contribution < 1.29 is 27.9 Å². The first-order valence-corrected chi connectivity index (χ1v) is 7.25. The molecule has 0 aromatic heterocycles. The van der Waals surface area contributed by atoms with E-state index in [1.807, 2.05) is 0 Å². The van der Waals surface area contributed by atoms with E-state index in [1.54, 1.807) is 0 Å². The van der Waals surface area contributed by atoms with Gasteiger partial charge in [-0.1, -0.05) is 0 Å². The summed E-state index contributed by atoms with van der Waals surface area (Å²) < 4.78 is 29.5. The summed E-state index contributed by atoms with van der Waals surface area (Å²) in [5.41, 5.74) is 0. The van der Waals surface area contributed by atoms with Crippen molar-refractivity contribution in [2.24, 2.45) is 5.92 Å². The first-order valence-electron chi connectivity index (χ1n) is 5.64. The zero-order valence-electron chi connectivity index (χ0n) is 10.2. The van der Waals surface area contributed by atoms with Gasteiger partial charge in [0, 0.05) is 13.1 Å². The molecule has 0 aromatic rings. The predicted octanol–water partition coefficient (Wildman–Crippen LogP) is -0.324. The number of rotatable bonds is 5. The molecule has 0 spiro atoms. The van der Waals surface area contributed by atoms with Crippen molar-refractivity contribution in [1.29, 1.82) is 0 Å². The maximum absolute atomic E-state index is 11.9. The molecular weight excluding hydrogens is 262 g/mol. The second-order valence-electron chi connectivity index (χ2n) is 4.18. The van der Waals surface area contributed by atoms with Gasteiger partial charge in [-0.25, -0.2) is 12.7 Å². The number of methoxy groups -OCH3 is 1. The van der Waals surface area contributed by atoms with Crippen LogP contribution in [0.1, 0.15) is 19.3 Å². The summed E-state index contributed by atoms with van der Waals surface area (Å²) >= 11 is 0. The highest BCUT2D eigenvalue weighted by atomic mass is 32.2. The van der Waals surface area contributed by atoms with Crippen LogP contribution in [0.3, 0.4) is 0 Å². The van der Waals surface area contributed by atoms with Crippen molar-refractivity contribution >= 4 is 22.0 Å². The van der Waals surface area contributed by atoms with Crippen molar-refractivity contribution in [2.75, 3.05) is 26.0 Å². The average molecular weight is 279 g/mol. The number of carbonyl (C=O) groups is 2. The van der Waals surface area contributed by atoms with Gasteiger partial charge in [-0.2, -0.15) is 0 Å². The number of hydrogen-bond donors (Lipinski definition) is 1. The fourth-order valence-corrected chi connectivity index (χ4v) is 3.40. The van der Waals surface area contributed by atoms with Gasteiger partial charge in [0.15, 0.2) is 0 Å². The maximum atomic E-state index is 11.9. The van der Waals surface area contributed by atoms with E-state index < -0.39 is 40.1 Å². The number of piperidine rings is 1. The van der Waals surface area contributed by atoms with Crippen LogP contribution in [0.5, 0.6) is 0 Å². The van der Waals surface area contributed by atoms with Crippen LogP contribution < -0.4 is 0 Å². The van der Waals surface area contributed by atoms with Crippen molar-refractivity contribution in [1.82, 2.24) is 4.31 Å². The Labute approximate surface area is 106 Å². The van der Waals surface area contributed by atoms with Gasteiger partial charge >= 0.3 is 11.9 Å². The molecule has 0 bridgehead atoms. The number of sulfonamides is 1. The van der Waals surface area contributed by atoms with Crippen molar-refractivity contribution in [3.05, 3.63) is 0 Å². The molecular formula is C10H17NO6S. The summed E-state index contributed by atoms with van der Waals surface area (Å²) in [5.74, 6) is -2.47. The Morgan fingerprint density at radius 3 is 2.67 bits per heavy atom. The molecule has 104 valence electrons. The number of esters is 1. The highest BCUT2D eigenvalue weighted by Gasteiger charge is 2.32. The quantitative estimate of drug-likeness (QED) is 0.692. The largest absolute Gasteiger partial charge is 0.481 e. The standard InChI is InChI=1S/C10H17NO6S/c1-17-10(14)8-3-2-5-11(7-8)18(15,16)6-4-9(12)13/h8H,2-7H2,1H3,(H,12,13). The van der Waals surface area contributed by atoms with Crippen molar-refractivity contribution in [3.8, 4) is 0 Å². The number of carboxylic acids is 1. The first kappa shape index (κ1) is 14.9. The van der Waals surface area contributed by atoms with E-state index in [2.05, 4.69) is 4.74 Å². The molecule has 1 aliphatic rings. The van der Waals surface area contributed by atoms with E-state index in [0.29, 0.717) is 19.4 Å². The van der Waals surface area contributed by atoms with Gasteiger partial charge < -0.3 is 9.84 Å². The molecule has 0 amide bonds. The van der Waals surface area contributed by atoms with Crippen LogP contribution >= 0.6 is 0 Å². The van der Waals surface area contributed by atoms with Crippen LogP contribution in [-0.2, 0) is 24.3 Å². The van der Waals surface area contributed by atoms with Crippen LogP contribution in [0.15, 0.2) is 0 Å². The number of ether oxygens (including phenoxy) is 1. The lowest BCUT2D eigenvalue weighted by Gasteiger charge is -2.30. The molecule has 0 saturated carbocycles. The lowest BCUT2D eigenvalue weighted by Crippen LogP contribution is -2.43. The second kappa shape index (κ2) is 6.14. The van der Waals surface area contributed by atoms with Gasteiger partial charge in [0.1, 0.15) is 0 Å². The zero-order valence-corrected chi connectivity index (χ0v) is 11.0. The third kappa shape index (κ3) is 3.95. The molecule has 1 aliphatic heterocycles. The number of aliphatic carboxylic acids is 1. The van der Waals surface area contributed by atoms with E-state index in [4.69, 9.17) is 5.11 Å².